The average molecular weight is 239 g/mol. The Morgan fingerprint density at radius 2 is 1.89 bits per heavy atom. The zero-order valence-electron chi connectivity index (χ0n) is 10.4. The van der Waals surface area contributed by atoms with Crippen molar-refractivity contribution >= 4 is 11.6 Å². The maximum absolute atomic E-state index is 5.83. The van der Waals surface area contributed by atoms with Crippen LogP contribution in [0.25, 0.3) is 0 Å². The number of aliphatic imine (C=N–C) groups is 1. The minimum Gasteiger partial charge on any atom is -0.370 e. The monoisotopic (exact) mass is 239 g/mol. The summed E-state index contributed by atoms with van der Waals surface area (Å²) in [6.45, 7) is 2.66. The Bertz CT molecular complexity index is 532. The highest BCUT2D eigenvalue weighted by Gasteiger charge is 1.95. The maximum atomic E-state index is 5.83. The molecule has 3 nitrogen and oxygen atoms in total. The summed E-state index contributed by atoms with van der Waals surface area (Å²) in [5, 5.41) is 3.05. The van der Waals surface area contributed by atoms with Crippen molar-refractivity contribution < 1.29 is 0 Å². The van der Waals surface area contributed by atoms with Crippen molar-refractivity contribution in [1.82, 2.24) is 0 Å². The van der Waals surface area contributed by atoms with Crippen LogP contribution in [0.3, 0.4) is 0 Å². The Labute approximate surface area is 107 Å². The standard InChI is InChI=1S/C15H17N3/c1-12-6-5-7-13(10-12)11-17-15(16)18-14-8-3-2-4-9-14/h2-10H,11H2,1H3,(H3,16,17,18). The van der Waals surface area contributed by atoms with Gasteiger partial charge in [0.15, 0.2) is 5.96 Å². The average Bonchev–Trinajstić information content (AvgIpc) is 2.38. The Morgan fingerprint density at radius 1 is 1.11 bits per heavy atom. The predicted molar refractivity (Wildman–Crippen MR) is 76.6 cm³/mol. The Kier molecular flexibility index (Phi) is 3.97. The number of aryl methyl sites for hydroxylation is 1. The third kappa shape index (κ3) is 3.63. The second-order valence-corrected chi connectivity index (χ2v) is 4.18. The molecule has 3 heteroatoms. The molecule has 0 saturated heterocycles. The van der Waals surface area contributed by atoms with E-state index in [2.05, 4.69) is 29.4 Å². The zero-order valence-corrected chi connectivity index (χ0v) is 10.4. The van der Waals surface area contributed by atoms with E-state index >= 15 is 0 Å². The molecule has 3 N–H and O–H groups in total. The van der Waals surface area contributed by atoms with Gasteiger partial charge < -0.3 is 11.1 Å². The van der Waals surface area contributed by atoms with Crippen LogP contribution in [0.2, 0.25) is 0 Å². The number of hydrogen-bond acceptors (Lipinski definition) is 1. The first-order chi connectivity index (χ1) is 8.74. The Balaban J connectivity index is 1.97. The summed E-state index contributed by atoms with van der Waals surface area (Å²) in [6, 6.07) is 18.0. The molecule has 0 aliphatic carbocycles. The van der Waals surface area contributed by atoms with Gasteiger partial charge in [-0.3, -0.25) is 0 Å². The number of nitrogens with one attached hydrogen (secondary N) is 1. The molecule has 0 fully saturated rings. The number of rotatable bonds is 3. The van der Waals surface area contributed by atoms with Gasteiger partial charge >= 0.3 is 0 Å². The fraction of sp³-hybridized carbons (Fsp3) is 0.133. The Hall–Kier alpha value is -2.29. The molecule has 0 heterocycles. The van der Waals surface area contributed by atoms with Crippen molar-refractivity contribution in [2.45, 2.75) is 13.5 Å². The van der Waals surface area contributed by atoms with Crippen LogP contribution >= 0.6 is 0 Å². The summed E-state index contributed by atoms with van der Waals surface area (Å²) in [6.07, 6.45) is 0. The van der Waals surface area contributed by atoms with Crippen molar-refractivity contribution in [2.24, 2.45) is 10.7 Å². The molecule has 0 radical (unpaired) electrons. The molecular weight excluding hydrogens is 222 g/mol. The lowest BCUT2D eigenvalue weighted by molar-refractivity contribution is 1.05. The van der Waals surface area contributed by atoms with E-state index in [1.165, 1.54) is 5.56 Å². The zero-order chi connectivity index (χ0) is 12.8. The molecule has 0 aliphatic rings. The van der Waals surface area contributed by atoms with Crippen LogP contribution in [-0.2, 0) is 6.54 Å². The summed E-state index contributed by atoms with van der Waals surface area (Å²) in [5.41, 5.74) is 9.17. The molecule has 0 bridgehead atoms. The highest BCUT2D eigenvalue weighted by molar-refractivity contribution is 5.92. The van der Waals surface area contributed by atoms with E-state index < -0.39 is 0 Å². The molecule has 2 aromatic rings. The molecular formula is C15H17N3. The maximum Gasteiger partial charge on any atom is 0.193 e. The number of nitrogens with zero attached hydrogens (tertiary/aromatic N) is 1. The summed E-state index contributed by atoms with van der Waals surface area (Å²) < 4.78 is 0. The van der Waals surface area contributed by atoms with Gasteiger partial charge in [-0.05, 0) is 24.6 Å². The summed E-state index contributed by atoms with van der Waals surface area (Å²) in [4.78, 5) is 4.31. The minimum absolute atomic E-state index is 0.433. The van der Waals surface area contributed by atoms with Gasteiger partial charge in [0.05, 0.1) is 6.54 Å². The second kappa shape index (κ2) is 5.87. The van der Waals surface area contributed by atoms with Crippen LogP contribution < -0.4 is 11.1 Å². The highest BCUT2D eigenvalue weighted by Crippen LogP contribution is 2.06. The number of guanidine groups is 1. The number of anilines is 1. The molecule has 0 amide bonds. The quantitative estimate of drug-likeness (QED) is 0.639. The smallest absolute Gasteiger partial charge is 0.193 e. The lowest BCUT2D eigenvalue weighted by Gasteiger charge is -2.05. The molecule has 0 aromatic heterocycles. The van der Waals surface area contributed by atoms with Gasteiger partial charge in [0.2, 0.25) is 0 Å². The lowest BCUT2D eigenvalue weighted by atomic mass is 10.1. The van der Waals surface area contributed by atoms with Crippen molar-refractivity contribution in [1.29, 1.82) is 0 Å². The number of benzene rings is 2. The van der Waals surface area contributed by atoms with E-state index in [0.717, 1.165) is 11.3 Å². The van der Waals surface area contributed by atoms with E-state index in [1.807, 2.05) is 42.5 Å². The van der Waals surface area contributed by atoms with Crippen LogP contribution in [0.15, 0.2) is 59.6 Å². The third-order valence-corrected chi connectivity index (χ3v) is 2.56. The van der Waals surface area contributed by atoms with E-state index in [-0.39, 0.29) is 0 Å². The topological polar surface area (TPSA) is 50.4 Å². The molecule has 0 aliphatic heterocycles. The highest BCUT2D eigenvalue weighted by atomic mass is 15.1. The first kappa shape index (κ1) is 12.2. The fourth-order valence-electron chi connectivity index (χ4n) is 1.70. The minimum atomic E-state index is 0.433. The molecule has 0 atom stereocenters. The van der Waals surface area contributed by atoms with E-state index in [1.54, 1.807) is 0 Å². The van der Waals surface area contributed by atoms with Crippen molar-refractivity contribution in [3.63, 3.8) is 0 Å². The van der Waals surface area contributed by atoms with Crippen molar-refractivity contribution in [2.75, 3.05) is 5.32 Å². The fourth-order valence-corrected chi connectivity index (χ4v) is 1.70. The normalized spacial score (nSPS) is 11.3. The van der Waals surface area contributed by atoms with Crippen LogP contribution in [0.1, 0.15) is 11.1 Å². The SMILES string of the molecule is Cc1cccc(CN=C(N)Nc2ccccc2)c1. The van der Waals surface area contributed by atoms with Gasteiger partial charge in [0, 0.05) is 5.69 Å². The first-order valence-electron chi connectivity index (χ1n) is 5.91. The van der Waals surface area contributed by atoms with E-state index in [4.69, 9.17) is 5.73 Å². The van der Waals surface area contributed by atoms with Gasteiger partial charge in [0.25, 0.3) is 0 Å². The number of nitrogens with two attached hydrogens (primary N) is 1. The van der Waals surface area contributed by atoms with Gasteiger partial charge in [0.1, 0.15) is 0 Å². The van der Waals surface area contributed by atoms with Crippen LogP contribution in [0.4, 0.5) is 5.69 Å². The van der Waals surface area contributed by atoms with E-state index in [0.29, 0.717) is 12.5 Å². The predicted octanol–water partition coefficient (Wildman–Crippen LogP) is 2.92. The molecule has 2 rings (SSSR count). The molecule has 0 saturated carbocycles. The van der Waals surface area contributed by atoms with E-state index in [9.17, 15) is 0 Å². The van der Waals surface area contributed by atoms with Crippen LogP contribution in [-0.4, -0.2) is 5.96 Å². The van der Waals surface area contributed by atoms with Crippen LogP contribution in [0.5, 0.6) is 0 Å². The summed E-state index contributed by atoms with van der Waals surface area (Å²) in [7, 11) is 0. The molecule has 18 heavy (non-hydrogen) atoms. The number of hydrogen-bond donors (Lipinski definition) is 2. The molecule has 0 unspecified atom stereocenters. The summed E-state index contributed by atoms with van der Waals surface area (Å²) >= 11 is 0. The van der Waals surface area contributed by atoms with Gasteiger partial charge in [-0.25, -0.2) is 4.99 Å². The van der Waals surface area contributed by atoms with Crippen molar-refractivity contribution in [3.8, 4) is 0 Å². The summed E-state index contributed by atoms with van der Waals surface area (Å²) in [5.74, 6) is 0.433. The molecule has 2 aromatic carbocycles. The first-order valence-corrected chi connectivity index (χ1v) is 5.91. The van der Waals surface area contributed by atoms with Gasteiger partial charge in [-0.2, -0.15) is 0 Å². The van der Waals surface area contributed by atoms with Crippen LogP contribution in [0, 0.1) is 6.92 Å². The van der Waals surface area contributed by atoms with Gasteiger partial charge in [-0.1, -0.05) is 48.0 Å². The largest absolute Gasteiger partial charge is 0.370 e. The van der Waals surface area contributed by atoms with Gasteiger partial charge in [-0.15, -0.1) is 0 Å². The Morgan fingerprint density at radius 3 is 2.61 bits per heavy atom. The van der Waals surface area contributed by atoms with Crippen molar-refractivity contribution in [3.05, 3.63) is 65.7 Å². The molecule has 0 spiro atoms. The molecule has 92 valence electrons. The number of para-hydroxylation sites is 1. The third-order valence-electron chi connectivity index (χ3n) is 2.56. The lowest BCUT2D eigenvalue weighted by Crippen LogP contribution is -2.22. The second-order valence-electron chi connectivity index (χ2n) is 4.18.